The number of aromatic nitrogens is 4. The van der Waals surface area contributed by atoms with E-state index in [1.54, 1.807) is 4.52 Å². The van der Waals surface area contributed by atoms with Crippen LogP contribution in [0.5, 0.6) is 0 Å². The van der Waals surface area contributed by atoms with E-state index in [1.165, 1.54) is 6.42 Å². The molecule has 0 aliphatic carbocycles. The molecule has 1 N–H and O–H groups in total. The summed E-state index contributed by atoms with van der Waals surface area (Å²) in [7, 11) is 0. The van der Waals surface area contributed by atoms with Gasteiger partial charge in [0, 0.05) is 32.0 Å². The zero-order valence-corrected chi connectivity index (χ0v) is 15.2. The topological polar surface area (TPSA) is 75.4 Å². The SMILES string of the molecule is O=C(CCc1nnc2ccc(N3CCCCC3)nn12)Nc1cc(F)ccc1F. The van der Waals surface area contributed by atoms with E-state index in [4.69, 9.17) is 0 Å². The largest absolute Gasteiger partial charge is 0.355 e. The van der Waals surface area contributed by atoms with E-state index in [1.807, 2.05) is 12.1 Å². The fourth-order valence-electron chi connectivity index (χ4n) is 3.30. The summed E-state index contributed by atoms with van der Waals surface area (Å²) in [5.74, 6) is -0.332. The molecule has 1 aromatic carbocycles. The second kappa shape index (κ2) is 7.87. The fourth-order valence-corrected chi connectivity index (χ4v) is 3.30. The maximum atomic E-state index is 13.7. The van der Waals surface area contributed by atoms with Gasteiger partial charge in [-0.2, -0.15) is 4.52 Å². The molecule has 3 heterocycles. The second-order valence-corrected chi connectivity index (χ2v) is 6.80. The molecule has 1 amide bonds. The van der Waals surface area contributed by atoms with Crippen LogP contribution in [0.25, 0.3) is 5.65 Å². The number of nitrogens with one attached hydrogen (secondary N) is 1. The van der Waals surface area contributed by atoms with Crippen molar-refractivity contribution in [3.8, 4) is 0 Å². The maximum Gasteiger partial charge on any atom is 0.224 e. The molecule has 146 valence electrons. The number of hydrogen-bond donors (Lipinski definition) is 1. The molecule has 1 fully saturated rings. The van der Waals surface area contributed by atoms with E-state index < -0.39 is 17.5 Å². The first-order chi connectivity index (χ1) is 13.6. The Kier molecular flexibility index (Phi) is 5.14. The lowest BCUT2D eigenvalue weighted by molar-refractivity contribution is -0.116. The van der Waals surface area contributed by atoms with Gasteiger partial charge in [-0.05, 0) is 43.5 Å². The Labute approximate surface area is 160 Å². The lowest BCUT2D eigenvalue weighted by Crippen LogP contribution is -2.30. The minimum atomic E-state index is -0.685. The molecule has 1 aliphatic rings. The Morgan fingerprint density at radius 3 is 2.71 bits per heavy atom. The molecule has 0 radical (unpaired) electrons. The molecule has 28 heavy (non-hydrogen) atoms. The maximum absolute atomic E-state index is 13.7. The van der Waals surface area contributed by atoms with Crippen molar-refractivity contribution >= 4 is 23.1 Å². The number of piperidine rings is 1. The molecule has 2 aromatic heterocycles. The van der Waals surface area contributed by atoms with E-state index in [0.717, 1.165) is 49.9 Å². The molecule has 1 saturated heterocycles. The fraction of sp³-hybridized carbons (Fsp3) is 0.368. The molecule has 9 heteroatoms. The van der Waals surface area contributed by atoms with Gasteiger partial charge in [0.25, 0.3) is 0 Å². The summed E-state index contributed by atoms with van der Waals surface area (Å²) in [6, 6.07) is 6.71. The van der Waals surface area contributed by atoms with Crippen molar-refractivity contribution in [3.05, 3.63) is 47.8 Å². The number of hydrogen-bond acceptors (Lipinski definition) is 5. The molecule has 4 rings (SSSR count). The van der Waals surface area contributed by atoms with Crippen molar-refractivity contribution in [2.24, 2.45) is 0 Å². The van der Waals surface area contributed by atoms with Crippen LogP contribution in [0.4, 0.5) is 20.3 Å². The highest BCUT2D eigenvalue weighted by Gasteiger charge is 2.16. The predicted octanol–water partition coefficient (Wildman–Crippen LogP) is 2.96. The molecule has 7 nitrogen and oxygen atoms in total. The van der Waals surface area contributed by atoms with Crippen LogP contribution in [0.2, 0.25) is 0 Å². The zero-order valence-electron chi connectivity index (χ0n) is 15.2. The lowest BCUT2D eigenvalue weighted by Gasteiger charge is -2.27. The van der Waals surface area contributed by atoms with Crippen LogP contribution < -0.4 is 10.2 Å². The number of fused-ring (bicyclic) bond motifs is 1. The minimum absolute atomic E-state index is 0.0480. The number of nitrogens with zero attached hydrogens (tertiary/aromatic N) is 5. The lowest BCUT2D eigenvalue weighted by atomic mass is 10.1. The normalized spacial score (nSPS) is 14.4. The monoisotopic (exact) mass is 386 g/mol. The highest BCUT2D eigenvalue weighted by Crippen LogP contribution is 2.19. The number of amides is 1. The number of rotatable bonds is 5. The minimum Gasteiger partial charge on any atom is -0.355 e. The summed E-state index contributed by atoms with van der Waals surface area (Å²) in [6.07, 6.45) is 3.85. The van der Waals surface area contributed by atoms with Gasteiger partial charge in [0.1, 0.15) is 17.5 Å². The van der Waals surface area contributed by atoms with Gasteiger partial charge >= 0.3 is 0 Å². The van der Waals surface area contributed by atoms with Crippen LogP contribution in [0.15, 0.2) is 30.3 Å². The number of carbonyl (C=O) groups excluding carboxylic acids is 1. The van der Waals surface area contributed by atoms with E-state index in [2.05, 4.69) is 25.5 Å². The molecule has 0 spiro atoms. The average molecular weight is 386 g/mol. The first-order valence-electron chi connectivity index (χ1n) is 9.31. The Balaban J connectivity index is 1.45. The smallest absolute Gasteiger partial charge is 0.224 e. The highest BCUT2D eigenvalue weighted by atomic mass is 19.1. The van der Waals surface area contributed by atoms with Gasteiger partial charge in [-0.1, -0.05) is 0 Å². The van der Waals surface area contributed by atoms with Crippen LogP contribution in [0.1, 0.15) is 31.5 Å². The summed E-state index contributed by atoms with van der Waals surface area (Å²) in [5, 5.41) is 15.2. The van der Waals surface area contributed by atoms with Crippen molar-refractivity contribution < 1.29 is 13.6 Å². The van der Waals surface area contributed by atoms with E-state index >= 15 is 0 Å². The number of benzene rings is 1. The Morgan fingerprint density at radius 2 is 1.89 bits per heavy atom. The van der Waals surface area contributed by atoms with Gasteiger partial charge < -0.3 is 10.2 Å². The van der Waals surface area contributed by atoms with Crippen LogP contribution in [-0.2, 0) is 11.2 Å². The first kappa shape index (κ1) is 18.3. The van der Waals surface area contributed by atoms with Gasteiger partial charge in [-0.25, -0.2) is 8.78 Å². The highest BCUT2D eigenvalue weighted by molar-refractivity contribution is 5.90. The third-order valence-corrected chi connectivity index (χ3v) is 4.77. The molecule has 0 bridgehead atoms. The molecule has 3 aromatic rings. The van der Waals surface area contributed by atoms with Crippen LogP contribution in [-0.4, -0.2) is 38.8 Å². The number of anilines is 2. The number of halogens is 2. The summed E-state index contributed by atoms with van der Waals surface area (Å²) >= 11 is 0. The summed E-state index contributed by atoms with van der Waals surface area (Å²) in [4.78, 5) is 14.4. The molecular formula is C19H20F2N6O. The van der Waals surface area contributed by atoms with Gasteiger partial charge in [0.15, 0.2) is 11.5 Å². The quantitative estimate of drug-likeness (QED) is 0.730. The molecular weight excluding hydrogens is 366 g/mol. The Morgan fingerprint density at radius 1 is 1.07 bits per heavy atom. The average Bonchev–Trinajstić information content (AvgIpc) is 3.12. The van der Waals surface area contributed by atoms with Crippen LogP contribution in [0.3, 0.4) is 0 Å². The number of carbonyl (C=O) groups is 1. The molecule has 0 atom stereocenters. The van der Waals surface area contributed by atoms with Crippen molar-refractivity contribution in [1.82, 2.24) is 19.8 Å². The van der Waals surface area contributed by atoms with Gasteiger partial charge in [0.2, 0.25) is 5.91 Å². The Hall–Kier alpha value is -3.10. The van der Waals surface area contributed by atoms with Crippen molar-refractivity contribution in [3.63, 3.8) is 0 Å². The summed E-state index contributed by atoms with van der Waals surface area (Å²) in [6.45, 7) is 1.94. The van der Waals surface area contributed by atoms with Gasteiger partial charge in [-0.3, -0.25) is 4.79 Å². The van der Waals surface area contributed by atoms with Crippen molar-refractivity contribution in [2.45, 2.75) is 32.1 Å². The van der Waals surface area contributed by atoms with Crippen LogP contribution in [0, 0.1) is 11.6 Å². The van der Waals surface area contributed by atoms with Gasteiger partial charge in [-0.15, -0.1) is 15.3 Å². The second-order valence-electron chi connectivity index (χ2n) is 6.80. The third kappa shape index (κ3) is 3.92. The van der Waals surface area contributed by atoms with Gasteiger partial charge in [0.05, 0.1) is 5.69 Å². The summed E-state index contributed by atoms with van der Waals surface area (Å²) in [5.41, 5.74) is 0.425. The summed E-state index contributed by atoms with van der Waals surface area (Å²) < 4.78 is 28.5. The Bertz CT molecular complexity index is 999. The molecule has 1 aliphatic heterocycles. The third-order valence-electron chi connectivity index (χ3n) is 4.77. The van der Waals surface area contributed by atoms with E-state index in [-0.39, 0.29) is 18.5 Å². The first-order valence-corrected chi connectivity index (χ1v) is 9.31. The standard InChI is InChI=1S/C19H20F2N6O/c20-13-4-5-14(21)15(12-13)22-19(28)9-8-17-24-23-16-6-7-18(25-27(16)17)26-10-2-1-3-11-26/h4-7,12H,1-3,8-11H2,(H,22,28). The zero-order chi connectivity index (χ0) is 19.5. The van der Waals surface area contributed by atoms with Crippen LogP contribution >= 0.6 is 0 Å². The van der Waals surface area contributed by atoms with Crippen molar-refractivity contribution in [1.29, 1.82) is 0 Å². The molecule has 0 unspecified atom stereocenters. The predicted molar refractivity (Wildman–Crippen MR) is 100 cm³/mol. The van der Waals surface area contributed by atoms with Crippen molar-refractivity contribution in [2.75, 3.05) is 23.3 Å². The van der Waals surface area contributed by atoms with E-state index in [9.17, 15) is 13.6 Å². The van der Waals surface area contributed by atoms with E-state index in [0.29, 0.717) is 11.5 Å². The number of aryl methyl sites for hydroxylation is 1. The molecule has 0 saturated carbocycles.